The van der Waals surface area contributed by atoms with Crippen LogP contribution in [0.15, 0.2) is 29.5 Å². The minimum atomic E-state index is -0.694. The number of rotatable bonds is 3. The van der Waals surface area contributed by atoms with Crippen molar-refractivity contribution in [2.24, 2.45) is 0 Å². The zero-order chi connectivity index (χ0) is 18.1. The Balaban J connectivity index is 2.17. The number of fused-ring (bicyclic) bond motifs is 1. The molecule has 2 heterocycles. The molecule has 1 aromatic carbocycles. The minimum Gasteiger partial charge on any atom is -0.466 e. The number of amides is 1. The lowest BCUT2D eigenvalue weighted by Gasteiger charge is -2.32. The van der Waals surface area contributed by atoms with Gasteiger partial charge in [-0.2, -0.15) is 0 Å². The van der Waals surface area contributed by atoms with Gasteiger partial charge in [0.25, 0.3) is 5.91 Å². The summed E-state index contributed by atoms with van der Waals surface area (Å²) in [6, 6.07) is 5.36. The first-order valence-electron chi connectivity index (χ1n) is 7.62. The predicted molar refractivity (Wildman–Crippen MR) is 86.6 cm³/mol. The topological polar surface area (TPSA) is 85.4 Å². The van der Waals surface area contributed by atoms with Crippen LogP contribution in [0.1, 0.15) is 15.9 Å². The molecule has 0 N–H and O–H groups in total. The maximum atomic E-state index is 12.5. The second-order valence-electron chi connectivity index (χ2n) is 5.69. The molecule has 2 aliphatic rings. The van der Waals surface area contributed by atoms with Gasteiger partial charge in [0, 0.05) is 13.6 Å². The fraction of sp³-hybridized carbons (Fsp3) is 0.353. The fourth-order valence-electron chi connectivity index (χ4n) is 3.04. The van der Waals surface area contributed by atoms with Crippen LogP contribution in [0, 0.1) is 0 Å². The highest BCUT2D eigenvalue weighted by Gasteiger charge is 2.36. The summed E-state index contributed by atoms with van der Waals surface area (Å²) in [5.74, 6) is -1.53. The number of hydrogen-bond acceptors (Lipinski definition) is 7. The molecule has 0 aliphatic carbocycles. The molecule has 25 heavy (non-hydrogen) atoms. The van der Waals surface area contributed by atoms with Gasteiger partial charge in [-0.25, -0.2) is 9.59 Å². The van der Waals surface area contributed by atoms with Gasteiger partial charge in [-0.05, 0) is 11.6 Å². The van der Waals surface area contributed by atoms with Crippen molar-refractivity contribution in [3.05, 3.63) is 40.6 Å². The van der Waals surface area contributed by atoms with Crippen LogP contribution in [0.2, 0.25) is 0 Å². The molecule has 0 fully saturated rings. The zero-order valence-electron chi connectivity index (χ0n) is 14.2. The summed E-state index contributed by atoms with van der Waals surface area (Å²) < 4.78 is 15.0. The van der Waals surface area contributed by atoms with E-state index in [1.165, 1.54) is 19.1 Å². The first kappa shape index (κ1) is 17.0. The number of anilines is 1. The monoisotopic (exact) mass is 346 g/mol. The van der Waals surface area contributed by atoms with Crippen LogP contribution in [0.25, 0.3) is 0 Å². The van der Waals surface area contributed by atoms with Crippen LogP contribution in [0.3, 0.4) is 0 Å². The average Bonchev–Trinajstić information content (AvgIpc) is 2.94. The molecule has 0 spiro atoms. The highest BCUT2D eigenvalue weighted by atomic mass is 16.5. The van der Waals surface area contributed by atoms with Crippen LogP contribution in [-0.2, 0) is 30.3 Å². The third-order valence-electron chi connectivity index (χ3n) is 4.22. The number of ether oxygens (including phenoxy) is 3. The summed E-state index contributed by atoms with van der Waals surface area (Å²) in [5, 5.41) is 0. The van der Waals surface area contributed by atoms with Gasteiger partial charge in [0.1, 0.15) is 12.4 Å². The molecule has 0 saturated heterocycles. The van der Waals surface area contributed by atoms with E-state index < -0.39 is 11.9 Å². The first-order valence-corrected chi connectivity index (χ1v) is 7.62. The number of benzene rings is 1. The SMILES string of the molecule is COC(=O)C1=C(C(=O)OC)N(c2cccc3c2C(=O)N(C)C3)COC1. The van der Waals surface area contributed by atoms with E-state index in [1.807, 2.05) is 6.07 Å². The van der Waals surface area contributed by atoms with E-state index >= 15 is 0 Å². The zero-order valence-corrected chi connectivity index (χ0v) is 14.2. The third kappa shape index (κ3) is 2.74. The van der Waals surface area contributed by atoms with Gasteiger partial charge in [-0.3, -0.25) is 4.79 Å². The first-order chi connectivity index (χ1) is 12.0. The van der Waals surface area contributed by atoms with Crippen molar-refractivity contribution in [1.82, 2.24) is 4.90 Å². The molecule has 2 aliphatic heterocycles. The van der Waals surface area contributed by atoms with Crippen LogP contribution in [0.4, 0.5) is 5.69 Å². The van der Waals surface area contributed by atoms with Crippen molar-refractivity contribution < 1.29 is 28.6 Å². The van der Waals surface area contributed by atoms with Crippen LogP contribution in [-0.4, -0.2) is 57.4 Å². The molecule has 0 saturated carbocycles. The molecule has 1 aromatic rings. The van der Waals surface area contributed by atoms with Crippen molar-refractivity contribution >= 4 is 23.5 Å². The standard InChI is InChI=1S/C17H18N2O6/c1-18-7-10-5-4-6-12(13(10)15(18)20)19-9-25-8-11(16(21)23-2)14(19)17(22)24-3/h4-6H,7-9H2,1-3H3. The second kappa shape index (κ2) is 6.56. The smallest absolute Gasteiger partial charge is 0.355 e. The van der Waals surface area contributed by atoms with E-state index in [0.717, 1.165) is 5.56 Å². The van der Waals surface area contributed by atoms with Crippen LogP contribution in [0.5, 0.6) is 0 Å². The second-order valence-corrected chi connectivity index (χ2v) is 5.69. The number of nitrogens with zero attached hydrogens (tertiary/aromatic N) is 2. The Labute approximate surface area is 144 Å². The minimum absolute atomic E-state index is 0.0123. The highest BCUT2D eigenvalue weighted by Crippen LogP contribution is 2.35. The van der Waals surface area contributed by atoms with Crippen molar-refractivity contribution in [3.63, 3.8) is 0 Å². The lowest BCUT2D eigenvalue weighted by Crippen LogP contribution is -2.39. The third-order valence-corrected chi connectivity index (χ3v) is 4.22. The van der Waals surface area contributed by atoms with Crippen molar-refractivity contribution in [3.8, 4) is 0 Å². The molecule has 132 valence electrons. The van der Waals surface area contributed by atoms with Gasteiger partial charge in [-0.15, -0.1) is 0 Å². The number of esters is 2. The highest BCUT2D eigenvalue weighted by molar-refractivity contribution is 6.07. The predicted octanol–water partition coefficient (Wildman–Crippen LogP) is 0.666. The Morgan fingerprint density at radius 3 is 2.56 bits per heavy atom. The molecular formula is C17H18N2O6. The Morgan fingerprint density at radius 2 is 1.88 bits per heavy atom. The average molecular weight is 346 g/mol. The van der Waals surface area contributed by atoms with Crippen molar-refractivity contribution in [2.75, 3.05) is 39.5 Å². The van der Waals surface area contributed by atoms with Gasteiger partial charge in [0.05, 0.1) is 37.7 Å². The quantitative estimate of drug-likeness (QED) is 0.744. The molecule has 0 aromatic heterocycles. The van der Waals surface area contributed by atoms with Crippen molar-refractivity contribution in [1.29, 1.82) is 0 Å². The lowest BCUT2D eigenvalue weighted by atomic mass is 10.0. The summed E-state index contributed by atoms with van der Waals surface area (Å²) in [5.41, 5.74) is 1.90. The molecule has 8 heteroatoms. The molecule has 0 atom stereocenters. The van der Waals surface area contributed by atoms with Crippen molar-refractivity contribution in [2.45, 2.75) is 6.54 Å². The Kier molecular flexibility index (Phi) is 4.45. The van der Waals surface area contributed by atoms with Gasteiger partial charge in [0.2, 0.25) is 0 Å². The van der Waals surface area contributed by atoms with E-state index in [4.69, 9.17) is 14.2 Å². The van der Waals surface area contributed by atoms with E-state index in [9.17, 15) is 14.4 Å². The largest absolute Gasteiger partial charge is 0.466 e. The summed E-state index contributed by atoms with van der Waals surface area (Å²) in [6.45, 7) is 0.423. The Bertz CT molecular complexity index is 785. The Hall–Kier alpha value is -2.87. The number of carbonyl (C=O) groups is 3. The molecule has 0 unspecified atom stereocenters. The van der Waals surface area contributed by atoms with Crippen LogP contribution >= 0.6 is 0 Å². The maximum absolute atomic E-state index is 12.5. The molecule has 8 nitrogen and oxygen atoms in total. The molecule has 0 bridgehead atoms. The normalized spacial score (nSPS) is 16.8. The summed E-state index contributed by atoms with van der Waals surface area (Å²) >= 11 is 0. The summed E-state index contributed by atoms with van der Waals surface area (Å²) in [6.07, 6.45) is 0. The number of carbonyl (C=O) groups excluding carboxylic acids is 3. The summed E-state index contributed by atoms with van der Waals surface area (Å²) in [7, 11) is 4.16. The van der Waals surface area contributed by atoms with E-state index in [0.29, 0.717) is 17.8 Å². The van der Waals surface area contributed by atoms with Crippen LogP contribution < -0.4 is 4.90 Å². The lowest BCUT2D eigenvalue weighted by molar-refractivity contribution is -0.140. The summed E-state index contributed by atoms with van der Waals surface area (Å²) in [4.78, 5) is 40.0. The Morgan fingerprint density at radius 1 is 1.16 bits per heavy atom. The van der Waals surface area contributed by atoms with Gasteiger partial charge in [-0.1, -0.05) is 12.1 Å². The van der Waals surface area contributed by atoms with Gasteiger partial charge in [0.15, 0.2) is 0 Å². The number of hydrogen-bond donors (Lipinski definition) is 0. The molecular weight excluding hydrogens is 328 g/mol. The number of methoxy groups -OCH3 is 2. The molecule has 0 radical (unpaired) electrons. The molecule has 1 amide bonds. The maximum Gasteiger partial charge on any atom is 0.355 e. The molecule has 3 rings (SSSR count). The van der Waals surface area contributed by atoms with E-state index in [2.05, 4.69) is 0 Å². The fourth-order valence-corrected chi connectivity index (χ4v) is 3.04. The van der Waals surface area contributed by atoms with E-state index in [1.54, 1.807) is 24.1 Å². The van der Waals surface area contributed by atoms with Gasteiger partial charge < -0.3 is 24.0 Å². The van der Waals surface area contributed by atoms with Gasteiger partial charge >= 0.3 is 11.9 Å². The van der Waals surface area contributed by atoms with E-state index in [-0.39, 0.29) is 30.5 Å².